The highest BCUT2D eigenvalue weighted by Gasteiger charge is 2.18. The number of rotatable bonds is 5. The average molecular weight is 368 g/mol. The van der Waals surface area contributed by atoms with Crippen molar-refractivity contribution < 1.29 is 0 Å². The first-order valence-electron chi connectivity index (χ1n) is 8.22. The number of pyridine rings is 1. The van der Waals surface area contributed by atoms with Gasteiger partial charge in [-0.25, -0.2) is 0 Å². The van der Waals surface area contributed by atoms with E-state index in [-0.39, 0.29) is 24.8 Å². The molecule has 3 nitrogen and oxygen atoms in total. The number of aromatic nitrogens is 1. The molecule has 2 heterocycles. The van der Waals surface area contributed by atoms with Crippen molar-refractivity contribution in [2.24, 2.45) is 0 Å². The van der Waals surface area contributed by atoms with Gasteiger partial charge in [0.25, 0.3) is 0 Å². The number of hydrogen-bond donors (Lipinski definition) is 1. The molecule has 1 fully saturated rings. The summed E-state index contributed by atoms with van der Waals surface area (Å²) in [6.45, 7) is 6.35. The highest BCUT2D eigenvalue weighted by molar-refractivity contribution is 5.85. The lowest BCUT2D eigenvalue weighted by Crippen LogP contribution is -2.41. The smallest absolute Gasteiger partial charge is 0.0544 e. The number of aryl methyl sites for hydroxylation is 1. The first kappa shape index (κ1) is 20.9. The van der Waals surface area contributed by atoms with Crippen LogP contribution in [0.3, 0.4) is 0 Å². The van der Waals surface area contributed by atoms with Crippen LogP contribution in [0.15, 0.2) is 48.5 Å². The molecule has 2 aromatic rings. The van der Waals surface area contributed by atoms with Crippen LogP contribution in [-0.4, -0.2) is 29.0 Å². The summed E-state index contributed by atoms with van der Waals surface area (Å²) in [5.74, 6) is 0. The number of halogens is 2. The molecule has 1 aromatic heterocycles. The molecule has 0 aliphatic carbocycles. The molecule has 1 aliphatic heterocycles. The van der Waals surface area contributed by atoms with Gasteiger partial charge in [-0.05, 0) is 50.6 Å². The Bertz CT molecular complexity index is 584. The van der Waals surface area contributed by atoms with Crippen LogP contribution in [0.5, 0.6) is 0 Å². The van der Waals surface area contributed by atoms with Crippen LogP contribution < -0.4 is 5.32 Å². The summed E-state index contributed by atoms with van der Waals surface area (Å²) in [6, 6.07) is 17.6. The van der Waals surface area contributed by atoms with E-state index in [4.69, 9.17) is 0 Å². The largest absolute Gasteiger partial charge is 0.308 e. The lowest BCUT2D eigenvalue weighted by Gasteiger charge is -2.32. The predicted molar refractivity (Wildman–Crippen MR) is 105 cm³/mol. The summed E-state index contributed by atoms with van der Waals surface area (Å²) in [5, 5.41) is 3.66. The van der Waals surface area contributed by atoms with Crippen LogP contribution in [0, 0.1) is 6.92 Å². The Kier molecular flexibility index (Phi) is 9.30. The standard InChI is InChI=1S/C19H25N3.2ClH/c1-16-6-5-9-19(21-16)14-20-18-10-12-22(13-11-18)15-17-7-3-2-4-8-17;;/h2-9,18,20H,10-15H2,1H3;2*1H. The molecule has 0 atom stereocenters. The third-order valence-electron chi connectivity index (χ3n) is 4.35. The van der Waals surface area contributed by atoms with Crippen molar-refractivity contribution in [1.82, 2.24) is 15.2 Å². The first-order chi connectivity index (χ1) is 10.8. The molecule has 5 heteroatoms. The quantitative estimate of drug-likeness (QED) is 0.865. The average Bonchev–Trinajstić information content (AvgIpc) is 2.55. The zero-order valence-electron chi connectivity index (χ0n) is 14.1. The second-order valence-electron chi connectivity index (χ2n) is 6.19. The van der Waals surface area contributed by atoms with Gasteiger partial charge in [0.15, 0.2) is 0 Å². The molecule has 0 unspecified atom stereocenters. The fourth-order valence-electron chi connectivity index (χ4n) is 3.08. The Morgan fingerprint density at radius 3 is 2.38 bits per heavy atom. The van der Waals surface area contributed by atoms with Crippen molar-refractivity contribution >= 4 is 24.8 Å². The van der Waals surface area contributed by atoms with Crippen molar-refractivity contribution in [3.8, 4) is 0 Å². The summed E-state index contributed by atoms with van der Waals surface area (Å²) in [4.78, 5) is 7.11. The van der Waals surface area contributed by atoms with E-state index in [1.54, 1.807) is 0 Å². The van der Waals surface area contributed by atoms with Crippen LogP contribution >= 0.6 is 24.8 Å². The zero-order chi connectivity index (χ0) is 15.2. The van der Waals surface area contributed by atoms with Gasteiger partial charge in [0.2, 0.25) is 0 Å². The van der Waals surface area contributed by atoms with Crippen molar-refractivity contribution in [3.05, 3.63) is 65.5 Å². The maximum Gasteiger partial charge on any atom is 0.0544 e. The van der Waals surface area contributed by atoms with E-state index in [0.717, 1.165) is 24.5 Å². The van der Waals surface area contributed by atoms with Crippen LogP contribution in [0.1, 0.15) is 29.8 Å². The molecule has 0 bridgehead atoms. The SMILES string of the molecule is Cc1cccc(CNC2CCN(Cc3ccccc3)CC2)n1.Cl.Cl. The Hall–Kier alpha value is -1.13. The minimum absolute atomic E-state index is 0. The van der Waals surface area contributed by atoms with Gasteiger partial charge in [0.05, 0.1) is 5.69 Å². The van der Waals surface area contributed by atoms with Gasteiger partial charge >= 0.3 is 0 Å². The third kappa shape index (κ3) is 6.40. The highest BCUT2D eigenvalue weighted by atomic mass is 35.5. The fourth-order valence-corrected chi connectivity index (χ4v) is 3.08. The van der Waals surface area contributed by atoms with Crippen molar-refractivity contribution in [1.29, 1.82) is 0 Å². The summed E-state index contributed by atoms with van der Waals surface area (Å²) < 4.78 is 0. The number of nitrogens with zero attached hydrogens (tertiary/aromatic N) is 2. The van der Waals surface area contributed by atoms with Crippen molar-refractivity contribution in [2.45, 2.75) is 38.9 Å². The molecule has 24 heavy (non-hydrogen) atoms. The van der Waals surface area contributed by atoms with Crippen LogP contribution in [-0.2, 0) is 13.1 Å². The summed E-state index contributed by atoms with van der Waals surface area (Å²) in [7, 11) is 0. The van der Waals surface area contributed by atoms with Gasteiger partial charge in [-0.1, -0.05) is 36.4 Å². The van der Waals surface area contributed by atoms with Gasteiger partial charge in [-0.15, -0.1) is 24.8 Å². The Labute approximate surface area is 157 Å². The fraction of sp³-hybridized carbons (Fsp3) is 0.421. The summed E-state index contributed by atoms with van der Waals surface area (Å²) in [6.07, 6.45) is 2.44. The van der Waals surface area contributed by atoms with Crippen LogP contribution in [0.4, 0.5) is 0 Å². The highest BCUT2D eigenvalue weighted by Crippen LogP contribution is 2.14. The lowest BCUT2D eigenvalue weighted by atomic mass is 10.0. The molecule has 0 amide bonds. The van der Waals surface area contributed by atoms with E-state index >= 15 is 0 Å². The van der Waals surface area contributed by atoms with Crippen LogP contribution in [0.25, 0.3) is 0 Å². The number of likely N-dealkylation sites (tertiary alicyclic amines) is 1. The van der Waals surface area contributed by atoms with E-state index in [1.807, 2.05) is 13.0 Å². The number of hydrogen-bond acceptors (Lipinski definition) is 3. The van der Waals surface area contributed by atoms with E-state index in [1.165, 1.54) is 31.5 Å². The molecule has 1 aromatic carbocycles. The van der Waals surface area contributed by atoms with Crippen molar-refractivity contribution in [2.75, 3.05) is 13.1 Å². The summed E-state index contributed by atoms with van der Waals surface area (Å²) in [5.41, 5.74) is 3.65. The molecule has 0 saturated carbocycles. The maximum atomic E-state index is 4.56. The second kappa shape index (κ2) is 10.7. The van der Waals surface area contributed by atoms with Crippen LogP contribution in [0.2, 0.25) is 0 Å². The number of nitrogens with one attached hydrogen (secondary N) is 1. The second-order valence-corrected chi connectivity index (χ2v) is 6.19. The summed E-state index contributed by atoms with van der Waals surface area (Å²) >= 11 is 0. The molecular formula is C19H27Cl2N3. The van der Waals surface area contributed by atoms with Gasteiger partial charge in [0.1, 0.15) is 0 Å². The molecule has 1 N–H and O–H groups in total. The molecule has 1 aliphatic rings. The maximum absolute atomic E-state index is 4.56. The number of piperidine rings is 1. The molecule has 3 rings (SSSR count). The van der Waals surface area contributed by atoms with E-state index in [9.17, 15) is 0 Å². The molecule has 0 radical (unpaired) electrons. The van der Waals surface area contributed by atoms with Gasteiger partial charge in [-0.2, -0.15) is 0 Å². The molecule has 132 valence electrons. The Balaban J connectivity index is 0.00000144. The first-order valence-corrected chi connectivity index (χ1v) is 8.22. The normalized spacial score (nSPS) is 15.4. The predicted octanol–water partition coefficient (Wildman–Crippen LogP) is 3.99. The molecule has 1 saturated heterocycles. The zero-order valence-corrected chi connectivity index (χ0v) is 15.8. The van der Waals surface area contributed by atoms with E-state index < -0.39 is 0 Å². The minimum atomic E-state index is 0. The third-order valence-corrected chi connectivity index (χ3v) is 4.35. The molecule has 0 spiro atoms. The Morgan fingerprint density at radius 2 is 1.71 bits per heavy atom. The van der Waals surface area contributed by atoms with Gasteiger partial charge in [0, 0.05) is 24.8 Å². The Morgan fingerprint density at radius 1 is 1.00 bits per heavy atom. The topological polar surface area (TPSA) is 28.2 Å². The monoisotopic (exact) mass is 367 g/mol. The molecular weight excluding hydrogens is 341 g/mol. The number of benzene rings is 1. The van der Waals surface area contributed by atoms with Gasteiger partial charge < -0.3 is 5.32 Å². The van der Waals surface area contributed by atoms with E-state index in [0.29, 0.717) is 6.04 Å². The van der Waals surface area contributed by atoms with Crippen molar-refractivity contribution in [3.63, 3.8) is 0 Å². The van der Waals surface area contributed by atoms with E-state index in [2.05, 4.69) is 57.7 Å². The lowest BCUT2D eigenvalue weighted by molar-refractivity contribution is 0.190. The minimum Gasteiger partial charge on any atom is -0.308 e. The van der Waals surface area contributed by atoms with Gasteiger partial charge in [-0.3, -0.25) is 9.88 Å².